The maximum Gasteiger partial charge on any atom is 0.422 e. The van der Waals surface area contributed by atoms with Crippen molar-refractivity contribution in [1.29, 1.82) is 0 Å². The molecule has 0 aromatic carbocycles. The molecule has 0 radical (unpaired) electrons. The molecule has 0 saturated carbocycles. The number of carbonyl (C=O) groups excluding carboxylic acids is 1. The Kier molecular flexibility index (Phi) is 7.86. The number of hydrazine groups is 1. The first-order chi connectivity index (χ1) is 7.89. The van der Waals surface area contributed by atoms with E-state index < -0.39 is 11.7 Å². The monoisotopic (exact) mass is 247 g/mol. The third-order valence-corrected chi connectivity index (χ3v) is 1.90. The molecule has 17 heavy (non-hydrogen) atoms. The van der Waals surface area contributed by atoms with Gasteiger partial charge < -0.3 is 15.2 Å². The zero-order valence-corrected chi connectivity index (χ0v) is 11.2. The topological polar surface area (TPSA) is 85.6 Å². The summed E-state index contributed by atoms with van der Waals surface area (Å²) in [6.45, 7) is 6.57. The smallest absolute Gasteiger partial charge is 0.422 e. The van der Waals surface area contributed by atoms with E-state index in [1.165, 1.54) is 0 Å². The predicted molar refractivity (Wildman–Crippen MR) is 66.5 cm³/mol. The Balaban J connectivity index is 3.90. The number of methoxy groups -OCH3 is 1. The minimum absolute atomic E-state index is 0.0380. The van der Waals surface area contributed by atoms with Gasteiger partial charge in [-0.1, -0.05) is 0 Å². The van der Waals surface area contributed by atoms with Gasteiger partial charge in [0.05, 0.1) is 6.61 Å². The van der Waals surface area contributed by atoms with E-state index >= 15 is 0 Å². The molecule has 0 rings (SSSR count). The number of hydrogen-bond donors (Lipinski definition) is 3. The van der Waals surface area contributed by atoms with Gasteiger partial charge in [-0.25, -0.2) is 10.2 Å². The number of nitrogens with two attached hydrogens (primary N) is 1. The van der Waals surface area contributed by atoms with E-state index in [2.05, 4.69) is 10.9 Å². The summed E-state index contributed by atoms with van der Waals surface area (Å²) in [6, 6.07) is 0.0380. The zero-order valence-electron chi connectivity index (χ0n) is 11.2. The maximum absolute atomic E-state index is 11.4. The minimum Gasteiger partial charge on any atom is -0.443 e. The molecular formula is C11H25N3O3. The second kappa shape index (κ2) is 8.27. The van der Waals surface area contributed by atoms with Crippen LogP contribution < -0.4 is 16.6 Å². The van der Waals surface area contributed by atoms with Gasteiger partial charge in [0.15, 0.2) is 0 Å². The van der Waals surface area contributed by atoms with Crippen LogP contribution in [0.5, 0.6) is 0 Å². The van der Waals surface area contributed by atoms with Crippen LogP contribution in [0.25, 0.3) is 0 Å². The Bertz CT molecular complexity index is 216. The summed E-state index contributed by atoms with van der Waals surface area (Å²) in [7, 11) is 1.62. The Morgan fingerprint density at radius 1 is 1.41 bits per heavy atom. The first-order valence-corrected chi connectivity index (χ1v) is 5.82. The molecule has 4 N–H and O–H groups in total. The molecule has 102 valence electrons. The molecule has 0 saturated heterocycles. The molecule has 0 aromatic rings. The molecule has 0 bridgehead atoms. The molecule has 1 unspecified atom stereocenters. The first kappa shape index (κ1) is 16.1. The summed E-state index contributed by atoms with van der Waals surface area (Å²) in [5.74, 6) is 0. The van der Waals surface area contributed by atoms with E-state index in [1.54, 1.807) is 7.11 Å². The molecule has 0 heterocycles. The molecule has 0 aromatic heterocycles. The summed E-state index contributed by atoms with van der Waals surface area (Å²) in [5.41, 5.74) is 10.3. The van der Waals surface area contributed by atoms with Crippen molar-refractivity contribution < 1.29 is 14.3 Å². The number of ether oxygens (including phenoxy) is 2. The van der Waals surface area contributed by atoms with Crippen molar-refractivity contribution in [2.24, 2.45) is 5.73 Å². The molecule has 6 heteroatoms. The Hall–Kier alpha value is -0.850. The zero-order chi connectivity index (χ0) is 13.3. The van der Waals surface area contributed by atoms with Gasteiger partial charge in [-0.3, -0.25) is 5.43 Å². The molecule has 0 spiro atoms. The third-order valence-electron chi connectivity index (χ3n) is 1.90. The fourth-order valence-corrected chi connectivity index (χ4v) is 1.23. The van der Waals surface area contributed by atoms with Gasteiger partial charge in [0.1, 0.15) is 5.60 Å². The molecule has 0 fully saturated rings. The van der Waals surface area contributed by atoms with Crippen LogP contribution in [0, 0.1) is 0 Å². The minimum atomic E-state index is -0.500. The summed E-state index contributed by atoms with van der Waals surface area (Å²) in [4.78, 5) is 11.4. The lowest BCUT2D eigenvalue weighted by molar-refractivity contribution is 0.0469. The molecule has 1 amide bonds. The molecule has 0 aliphatic carbocycles. The predicted octanol–water partition coefficient (Wildman–Crippen LogP) is 0.770. The van der Waals surface area contributed by atoms with E-state index in [4.69, 9.17) is 15.2 Å². The Labute approximate surface area is 103 Å². The van der Waals surface area contributed by atoms with Crippen LogP contribution in [0.1, 0.15) is 33.6 Å². The fraction of sp³-hybridized carbons (Fsp3) is 0.909. The highest BCUT2D eigenvalue weighted by atomic mass is 16.6. The van der Waals surface area contributed by atoms with Gasteiger partial charge >= 0.3 is 6.09 Å². The van der Waals surface area contributed by atoms with E-state index in [-0.39, 0.29) is 6.04 Å². The van der Waals surface area contributed by atoms with Crippen LogP contribution in [-0.4, -0.2) is 38.0 Å². The highest BCUT2D eigenvalue weighted by molar-refractivity contribution is 5.67. The van der Waals surface area contributed by atoms with Gasteiger partial charge in [0.25, 0.3) is 0 Å². The second-order valence-electron chi connectivity index (χ2n) is 4.85. The van der Waals surface area contributed by atoms with Crippen LogP contribution in [0.4, 0.5) is 4.79 Å². The van der Waals surface area contributed by atoms with E-state index in [0.717, 1.165) is 12.8 Å². The standard InChI is InChI=1S/C11H25N3O3/c1-11(2,3)17-10(15)14-13-9(8-16-4)6-5-7-12/h9,13H,5-8,12H2,1-4H3,(H,14,15). The number of hydrogen-bond acceptors (Lipinski definition) is 5. The van der Waals surface area contributed by atoms with Crippen LogP contribution in [0.2, 0.25) is 0 Å². The van der Waals surface area contributed by atoms with Crippen molar-refractivity contribution >= 4 is 6.09 Å². The van der Waals surface area contributed by atoms with Crippen LogP contribution in [0.3, 0.4) is 0 Å². The normalized spacial score (nSPS) is 13.2. The number of amides is 1. The number of carbonyl (C=O) groups is 1. The Morgan fingerprint density at radius 2 is 2.06 bits per heavy atom. The molecule has 1 atom stereocenters. The second-order valence-corrected chi connectivity index (χ2v) is 4.85. The largest absolute Gasteiger partial charge is 0.443 e. The molecule has 6 nitrogen and oxygen atoms in total. The van der Waals surface area contributed by atoms with Gasteiger partial charge in [-0.15, -0.1) is 0 Å². The van der Waals surface area contributed by atoms with E-state index in [1.807, 2.05) is 20.8 Å². The van der Waals surface area contributed by atoms with Crippen molar-refractivity contribution in [3.63, 3.8) is 0 Å². The lowest BCUT2D eigenvalue weighted by Crippen LogP contribution is -2.48. The molecule has 0 aliphatic rings. The SMILES string of the molecule is COCC(CCCN)NNC(=O)OC(C)(C)C. The Morgan fingerprint density at radius 3 is 2.53 bits per heavy atom. The van der Waals surface area contributed by atoms with E-state index in [9.17, 15) is 4.79 Å². The van der Waals surface area contributed by atoms with Gasteiger partial charge in [0.2, 0.25) is 0 Å². The van der Waals surface area contributed by atoms with Crippen molar-refractivity contribution in [2.45, 2.75) is 45.3 Å². The third kappa shape index (κ3) is 10.0. The van der Waals surface area contributed by atoms with Crippen LogP contribution in [0.15, 0.2) is 0 Å². The molecule has 0 aliphatic heterocycles. The van der Waals surface area contributed by atoms with Gasteiger partial charge in [0, 0.05) is 13.2 Å². The highest BCUT2D eigenvalue weighted by Crippen LogP contribution is 2.06. The number of rotatable bonds is 7. The van der Waals surface area contributed by atoms with Crippen molar-refractivity contribution in [3.8, 4) is 0 Å². The van der Waals surface area contributed by atoms with E-state index in [0.29, 0.717) is 13.2 Å². The van der Waals surface area contributed by atoms with Crippen LogP contribution >= 0.6 is 0 Å². The fourth-order valence-electron chi connectivity index (χ4n) is 1.23. The van der Waals surface area contributed by atoms with Crippen molar-refractivity contribution in [2.75, 3.05) is 20.3 Å². The summed E-state index contributed by atoms with van der Waals surface area (Å²) >= 11 is 0. The first-order valence-electron chi connectivity index (χ1n) is 5.82. The highest BCUT2D eigenvalue weighted by Gasteiger charge is 2.17. The molecular weight excluding hydrogens is 222 g/mol. The van der Waals surface area contributed by atoms with Crippen molar-refractivity contribution in [3.05, 3.63) is 0 Å². The lowest BCUT2D eigenvalue weighted by atomic mass is 10.2. The quantitative estimate of drug-likeness (QED) is 0.579. The maximum atomic E-state index is 11.4. The van der Waals surface area contributed by atoms with Crippen molar-refractivity contribution in [1.82, 2.24) is 10.9 Å². The van der Waals surface area contributed by atoms with Gasteiger partial charge in [-0.05, 0) is 40.2 Å². The lowest BCUT2D eigenvalue weighted by Gasteiger charge is -2.22. The number of nitrogens with one attached hydrogen (secondary N) is 2. The van der Waals surface area contributed by atoms with Gasteiger partial charge in [-0.2, -0.15) is 0 Å². The summed E-state index contributed by atoms with van der Waals surface area (Å²) in [5, 5.41) is 0. The average Bonchev–Trinajstić information content (AvgIpc) is 2.19. The average molecular weight is 247 g/mol. The van der Waals surface area contributed by atoms with Crippen LogP contribution in [-0.2, 0) is 9.47 Å². The summed E-state index contributed by atoms with van der Waals surface area (Å²) < 4.78 is 10.1. The summed E-state index contributed by atoms with van der Waals surface area (Å²) in [6.07, 6.45) is 1.21.